The van der Waals surface area contributed by atoms with Gasteiger partial charge >= 0.3 is 6.09 Å². The molecule has 1 saturated heterocycles. The van der Waals surface area contributed by atoms with Crippen LogP contribution in [0.1, 0.15) is 33.6 Å². The highest BCUT2D eigenvalue weighted by atomic mass is 32.2. The summed E-state index contributed by atoms with van der Waals surface area (Å²) in [4.78, 5) is 11.8. The summed E-state index contributed by atoms with van der Waals surface area (Å²) in [5.74, 6) is 2.43. The molecule has 21 heavy (non-hydrogen) atoms. The second-order valence-corrected chi connectivity index (χ2v) is 7.46. The lowest BCUT2D eigenvalue weighted by Gasteiger charge is -2.24. The number of hydrogen-bond acceptors (Lipinski definition) is 4. The Labute approximate surface area is 131 Å². The second kappa shape index (κ2) is 7.07. The zero-order chi connectivity index (χ0) is 15.3. The van der Waals surface area contributed by atoms with E-state index in [0.29, 0.717) is 6.04 Å². The molecule has 1 aromatic rings. The lowest BCUT2D eigenvalue weighted by molar-refractivity contribution is 0.0636. The van der Waals surface area contributed by atoms with Crippen molar-refractivity contribution in [3.8, 4) is 0 Å². The summed E-state index contributed by atoms with van der Waals surface area (Å²) in [7, 11) is 0. The van der Waals surface area contributed by atoms with Gasteiger partial charge in [-0.15, -0.1) is 0 Å². The number of rotatable bonds is 3. The number of amides is 1. The van der Waals surface area contributed by atoms with Gasteiger partial charge in [0.05, 0.1) is 0 Å². The fraction of sp³-hybridized carbons (Fsp3) is 0.562. The molecule has 0 spiro atoms. The van der Waals surface area contributed by atoms with E-state index in [4.69, 9.17) is 4.74 Å². The first-order chi connectivity index (χ1) is 9.92. The molecule has 4 nitrogen and oxygen atoms in total. The first-order valence-corrected chi connectivity index (χ1v) is 8.52. The monoisotopic (exact) mass is 308 g/mol. The van der Waals surface area contributed by atoms with Crippen molar-refractivity contribution in [3.63, 3.8) is 0 Å². The van der Waals surface area contributed by atoms with E-state index in [1.807, 2.05) is 56.8 Å². The molecule has 2 N–H and O–H groups in total. The van der Waals surface area contributed by atoms with E-state index in [-0.39, 0.29) is 0 Å². The molecule has 1 aliphatic rings. The minimum absolute atomic E-state index is 0.422. The van der Waals surface area contributed by atoms with Crippen molar-refractivity contribution in [2.45, 2.75) is 45.3 Å². The molecular formula is C16H24N2O2S. The van der Waals surface area contributed by atoms with Gasteiger partial charge in [0.25, 0.3) is 0 Å². The van der Waals surface area contributed by atoms with Crippen LogP contribution in [0, 0.1) is 0 Å². The Bertz CT molecular complexity index is 479. The number of benzene rings is 1. The molecular weight excluding hydrogens is 284 g/mol. The van der Waals surface area contributed by atoms with Crippen molar-refractivity contribution in [1.82, 2.24) is 0 Å². The van der Waals surface area contributed by atoms with Crippen molar-refractivity contribution in [2.24, 2.45) is 0 Å². The Hall–Kier alpha value is -1.36. The SMILES string of the molecule is CC(C)(C)OC(=O)Nc1cccc(NC2CCSCC2)c1. The predicted octanol–water partition coefficient (Wildman–Crippen LogP) is 4.34. The smallest absolute Gasteiger partial charge is 0.412 e. The lowest BCUT2D eigenvalue weighted by Crippen LogP contribution is -2.27. The largest absolute Gasteiger partial charge is 0.444 e. The topological polar surface area (TPSA) is 50.4 Å². The maximum Gasteiger partial charge on any atom is 0.412 e. The number of carbonyl (C=O) groups is 1. The minimum Gasteiger partial charge on any atom is -0.444 e. The van der Waals surface area contributed by atoms with Gasteiger partial charge in [-0.25, -0.2) is 4.79 Å². The number of anilines is 2. The average molecular weight is 308 g/mol. The van der Waals surface area contributed by atoms with E-state index in [1.54, 1.807) is 0 Å². The Morgan fingerprint density at radius 1 is 1.24 bits per heavy atom. The van der Waals surface area contributed by atoms with Crippen LogP contribution in [-0.2, 0) is 4.74 Å². The molecule has 1 aliphatic heterocycles. The van der Waals surface area contributed by atoms with E-state index in [2.05, 4.69) is 10.6 Å². The summed E-state index contributed by atoms with van der Waals surface area (Å²) >= 11 is 2.01. The van der Waals surface area contributed by atoms with Gasteiger partial charge < -0.3 is 10.1 Å². The molecule has 1 fully saturated rings. The van der Waals surface area contributed by atoms with Crippen LogP contribution in [0.25, 0.3) is 0 Å². The molecule has 1 heterocycles. The molecule has 0 bridgehead atoms. The van der Waals surface area contributed by atoms with E-state index >= 15 is 0 Å². The Balaban J connectivity index is 1.92. The first-order valence-electron chi connectivity index (χ1n) is 7.37. The maximum atomic E-state index is 11.8. The van der Waals surface area contributed by atoms with Gasteiger partial charge in [0.15, 0.2) is 0 Å². The van der Waals surface area contributed by atoms with Gasteiger partial charge in [-0.1, -0.05) is 6.07 Å². The standard InChI is InChI=1S/C16H24N2O2S/c1-16(2,3)20-15(19)18-14-6-4-5-13(11-14)17-12-7-9-21-10-8-12/h4-6,11-12,17H,7-10H2,1-3H3,(H,18,19). The highest BCUT2D eigenvalue weighted by molar-refractivity contribution is 7.99. The third kappa shape index (κ3) is 5.87. The fourth-order valence-corrected chi connectivity index (χ4v) is 3.29. The Morgan fingerprint density at radius 3 is 2.57 bits per heavy atom. The van der Waals surface area contributed by atoms with Crippen molar-refractivity contribution in [2.75, 3.05) is 22.1 Å². The van der Waals surface area contributed by atoms with Crippen molar-refractivity contribution >= 4 is 29.2 Å². The third-order valence-corrected chi connectivity index (χ3v) is 4.15. The van der Waals surface area contributed by atoms with Crippen molar-refractivity contribution < 1.29 is 9.53 Å². The van der Waals surface area contributed by atoms with Crippen LogP contribution in [0.4, 0.5) is 16.2 Å². The van der Waals surface area contributed by atoms with E-state index in [0.717, 1.165) is 11.4 Å². The molecule has 5 heteroatoms. The number of thioether (sulfide) groups is 1. The summed E-state index contributed by atoms with van der Waals surface area (Å²) < 4.78 is 5.26. The molecule has 0 atom stereocenters. The molecule has 1 aromatic carbocycles. The molecule has 0 unspecified atom stereocenters. The van der Waals surface area contributed by atoms with E-state index < -0.39 is 11.7 Å². The minimum atomic E-state index is -0.486. The fourth-order valence-electron chi connectivity index (χ4n) is 2.19. The van der Waals surface area contributed by atoms with Gasteiger partial charge in [0, 0.05) is 17.4 Å². The van der Waals surface area contributed by atoms with Crippen molar-refractivity contribution in [3.05, 3.63) is 24.3 Å². The number of carbonyl (C=O) groups excluding carboxylic acids is 1. The van der Waals surface area contributed by atoms with Crippen LogP contribution in [-0.4, -0.2) is 29.2 Å². The van der Waals surface area contributed by atoms with Crippen LogP contribution in [0.15, 0.2) is 24.3 Å². The molecule has 0 radical (unpaired) electrons. The molecule has 1 amide bonds. The molecule has 0 saturated carbocycles. The van der Waals surface area contributed by atoms with Crippen LogP contribution in [0.2, 0.25) is 0 Å². The predicted molar refractivity (Wildman–Crippen MR) is 90.3 cm³/mol. The maximum absolute atomic E-state index is 11.8. The second-order valence-electron chi connectivity index (χ2n) is 6.24. The summed E-state index contributed by atoms with van der Waals surface area (Å²) in [6.45, 7) is 5.56. The van der Waals surface area contributed by atoms with E-state index in [9.17, 15) is 4.79 Å². The summed E-state index contributed by atoms with van der Waals surface area (Å²) in [5, 5.41) is 6.31. The first kappa shape index (κ1) is 16.0. The van der Waals surface area contributed by atoms with Gasteiger partial charge in [0.2, 0.25) is 0 Å². The quantitative estimate of drug-likeness (QED) is 0.872. The Morgan fingerprint density at radius 2 is 1.90 bits per heavy atom. The zero-order valence-electron chi connectivity index (χ0n) is 12.9. The zero-order valence-corrected chi connectivity index (χ0v) is 13.8. The van der Waals surface area contributed by atoms with Crippen LogP contribution >= 0.6 is 11.8 Å². The summed E-state index contributed by atoms with van der Waals surface area (Å²) in [5.41, 5.74) is 1.31. The average Bonchev–Trinajstić information content (AvgIpc) is 2.38. The molecule has 0 aliphatic carbocycles. The van der Waals surface area contributed by atoms with Gasteiger partial charge in [-0.05, 0) is 63.3 Å². The normalized spacial score (nSPS) is 16.3. The van der Waals surface area contributed by atoms with Crippen molar-refractivity contribution in [1.29, 1.82) is 0 Å². The summed E-state index contributed by atoms with van der Waals surface area (Å²) in [6.07, 6.45) is 1.96. The third-order valence-electron chi connectivity index (χ3n) is 3.10. The lowest BCUT2D eigenvalue weighted by atomic mass is 10.1. The number of nitrogens with one attached hydrogen (secondary N) is 2. The summed E-state index contributed by atoms with van der Waals surface area (Å²) in [6, 6.07) is 8.31. The van der Waals surface area contributed by atoms with Crippen LogP contribution in [0.3, 0.4) is 0 Å². The van der Waals surface area contributed by atoms with Gasteiger partial charge in [-0.3, -0.25) is 5.32 Å². The Kier molecular flexibility index (Phi) is 5.39. The number of ether oxygens (including phenoxy) is 1. The molecule has 0 aromatic heterocycles. The van der Waals surface area contributed by atoms with Gasteiger partial charge in [-0.2, -0.15) is 11.8 Å². The highest BCUT2D eigenvalue weighted by Gasteiger charge is 2.17. The van der Waals surface area contributed by atoms with Crippen LogP contribution < -0.4 is 10.6 Å². The van der Waals surface area contributed by atoms with Gasteiger partial charge in [0.1, 0.15) is 5.60 Å². The molecule has 2 rings (SSSR count). The van der Waals surface area contributed by atoms with Crippen LogP contribution in [0.5, 0.6) is 0 Å². The molecule has 116 valence electrons. The number of hydrogen-bond donors (Lipinski definition) is 2. The van der Waals surface area contributed by atoms with E-state index in [1.165, 1.54) is 24.3 Å². The highest BCUT2D eigenvalue weighted by Crippen LogP contribution is 2.23.